The van der Waals surface area contributed by atoms with E-state index >= 15 is 4.79 Å². The van der Waals surface area contributed by atoms with Gasteiger partial charge in [0.05, 0.1) is 36.3 Å². The van der Waals surface area contributed by atoms with Crippen LogP contribution in [-0.4, -0.2) is 82.7 Å². The van der Waals surface area contributed by atoms with Crippen molar-refractivity contribution in [2.45, 2.75) is 154 Å². The number of aliphatic hydroxyl groups is 2. The van der Waals surface area contributed by atoms with Gasteiger partial charge < -0.3 is 39.3 Å². The number of unbranched alkanes of at least 4 members (excludes halogenated alkanes) is 11. The van der Waals surface area contributed by atoms with Gasteiger partial charge in [-0.25, -0.2) is 9.59 Å². The lowest BCUT2D eigenvalue weighted by Gasteiger charge is -2.59. The molecule has 3 N–H and O–H groups in total. The Bertz CT molecular complexity index is 2580. The van der Waals surface area contributed by atoms with Crippen LogP contribution in [0.25, 0.3) is 10.8 Å². The van der Waals surface area contributed by atoms with E-state index < -0.39 is 34.9 Å². The average Bonchev–Trinajstić information content (AvgIpc) is 3.46. The summed E-state index contributed by atoms with van der Waals surface area (Å²) < 4.78 is 26.9. The van der Waals surface area contributed by atoms with Crippen LogP contribution in [0.1, 0.15) is 146 Å². The van der Waals surface area contributed by atoms with Gasteiger partial charge in [-0.1, -0.05) is 137 Å². The van der Waals surface area contributed by atoms with Crippen molar-refractivity contribution in [2.24, 2.45) is 22.9 Å². The number of aliphatic hydroxyl groups excluding tert-OH is 2. The van der Waals surface area contributed by atoms with Gasteiger partial charge in [-0.3, -0.25) is 15.0 Å². The maximum Gasteiger partial charge on any atom is 0.412 e. The molecular weight excluding hydrogens is 965 g/mol. The first-order valence-corrected chi connectivity index (χ1v) is 28.0. The largest absolute Gasteiger partial charge is 0.459 e. The Morgan fingerprint density at radius 3 is 2.30 bits per heavy atom. The molecule has 4 aromatic carbocycles. The Morgan fingerprint density at radius 2 is 1.59 bits per heavy atom. The molecule has 4 aromatic rings. The van der Waals surface area contributed by atoms with Crippen LogP contribution < -0.4 is 14.8 Å². The fourth-order valence-corrected chi connectivity index (χ4v) is 11.6. The third-order valence-corrected chi connectivity index (χ3v) is 15.3. The molecule has 0 bridgehead atoms. The van der Waals surface area contributed by atoms with Crippen molar-refractivity contribution < 1.29 is 48.5 Å². The summed E-state index contributed by atoms with van der Waals surface area (Å²) in [5, 5.41) is 41.4. The highest BCUT2D eigenvalue weighted by Crippen LogP contribution is 2.62. The molecule has 0 saturated heterocycles. The zero-order valence-corrected chi connectivity index (χ0v) is 44.7. The molecule has 1 heterocycles. The number of amides is 2. The number of benzene rings is 4. The van der Waals surface area contributed by atoms with Crippen LogP contribution in [0.3, 0.4) is 0 Å². The molecule has 2 amide bonds. The molecule has 76 heavy (non-hydrogen) atoms. The van der Waals surface area contributed by atoms with Gasteiger partial charge in [0.1, 0.15) is 24.1 Å². The number of hydrogen-bond acceptors (Lipinski definition) is 12. The van der Waals surface area contributed by atoms with E-state index in [9.17, 15) is 25.1 Å². The molecule has 0 radical (unpaired) electrons. The van der Waals surface area contributed by atoms with Gasteiger partial charge in [-0.2, -0.15) is 0 Å². The predicted octanol–water partition coefficient (Wildman–Crippen LogP) is 13.2. The van der Waals surface area contributed by atoms with E-state index in [1.54, 1.807) is 29.2 Å². The van der Waals surface area contributed by atoms with Crippen molar-refractivity contribution in [1.29, 1.82) is 0 Å². The number of hydrogen-bond donors (Lipinski definition) is 3. The van der Waals surface area contributed by atoms with Crippen LogP contribution in [0, 0.1) is 27.9 Å². The van der Waals surface area contributed by atoms with Crippen LogP contribution >= 0.6 is 0 Å². The second-order valence-corrected chi connectivity index (χ2v) is 20.5. The molecule has 3 aliphatic rings. The lowest BCUT2D eigenvalue weighted by atomic mass is 9.55. The number of allylic oxidation sites excluding steroid dienone is 1. The number of nitrogens with zero attached hydrogens (tertiary/aromatic N) is 3. The van der Waals surface area contributed by atoms with Crippen molar-refractivity contribution in [3.8, 4) is 11.5 Å². The Balaban J connectivity index is 1.37. The van der Waals surface area contributed by atoms with Crippen molar-refractivity contribution >= 4 is 34.4 Å². The third kappa shape index (κ3) is 14.6. The van der Waals surface area contributed by atoms with E-state index in [2.05, 4.69) is 43.1 Å². The summed E-state index contributed by atoms with van der Waals surface area (Å²) in [6.07, 6.45) is 18.4. The fourth-order valence-electron chi connectivity index (χ4n) is 11.6. The van der Waals surface area contributed by atoms with Gasteiger partial charge in [0, 0.05) is 49.8 Å². The van der Waals surface area contributed by atoms with Gasteiger partial charge in [0.2, 0.25) is 5.79 Å². The van der Waals surface area contributed by atoms with Crippen molar-refractivity contribution in [3.63, 3.8) is 0 Å². The minimum atomic E-state index is -1.58. The van der Waals surface area contributed by atoms with Crippen molar-refractivity contribution in [1.82, 2.24) is 10.2 Å². The number of rotatable bonds is 31. The molecule has 7 rings (SSSR count). The highest BCUT2D eigenvalue weighted by atomic mass is 16.7. The number of nitrogens with one attached hydrogen (secondary N) is 1. The molecule has 15 nitrogen and oxygen atoms in total. The molecule has 1 saturated carbocycles. The van der Waals surface area contributed by atoms with E-state index in [4.69, 9.17) is 28.9 Å². The Kier molecular flexibility index (Phi) is 22.1. The van der Waals surface area contributed by atoms with Crippen LogP contribution in [0.4, 0.5) is 15.3 Å². The first-order valence-electron chi connectivity index (χ1n) is 28.0. The van der Waals surface area contributed by atoms with E-state index in [1.165, 1.54) is 50.7 Å². The van der Waals surface area contributed by atoms with E-state index in [0.717, 1.165) is 66.0 Å². The molecule has 15 heteroatoms. The second kappa shape index (κ2) is 29.3. The molecule has 0 unspecified atom stereocenters. The van der Waals surface area contributed by atoms with Crippen LogP contribution in [0.5, 0.6) is 11.5 Å². The highest BCUT2D eigenvalue weighted by Gasteiger charge is 2.66. The number of carbonyl (C=O) groups is 2. The molecule has 2 aliphatic carbocycles. The lowest BCUT2D eigenvalue weighted by Crippen LogP contribution is -2.70. The smallest absolute Gasteiger partial charge is 0.412 e. The Hall–Kier alpha value is -6.29. The summed E-state index contributed by atoms with van der Waals surface area (Å²) >= 11 is 0. The number of ether oxygens (including phenoxy) is 4. The zero-order chi connectivity index (χ0) is 53.7. The molecule has 1 fully saturated rings. The minimum absolute atomic E-state index is 0.00975. The molecular formula is C61H80N4O11. The van der Waals surface area contributed by atoms with Crippen LogP contribution in [0.15, 0.2) is 114 Å². The van der Waals surface area contributed by atoms with Gasteiger partial charge in [-0.15, -0.1) is 6.58 Å². The van der Waals surface area contributed by atoms with E-state index in [1.807, 2.05) is 43.3 Å². The number of carbonyl (C=O) groups excluding carboxylic acids is 2. The summed E-state index contributed by atoms with van der Waals surface area (Å²) in [6.45, 7) is 9.04. The summed E-state index contributed by atoms with van der Waals surface area (Å²) in [5.41, 5.74) is 3.74. The number of nitro benzene ring substituents is 1. The predicted molar refractivity (Wildman–Crippen MR) is 295 cm³/mol. The number of non-ortho nitro benzene ring substituents is 1. The molecule has 0 aromatic heterocycles. The summed E-state index contributed by atoms with van der Waals surface area (Å²) in [7, 11) is 0. The van der Waals surface area contributed by atoms with Crippen molar-refractivity contribution in [2.75, 3.05) is 33.0 Å². The minimum Gasteiger partial charge on any atom is -0.459 e. The molecule has 410 valence electrons. The van der Waals surface area contributed by atoms with Crippen LogP contribution in [0.2, 0.25) is 0 Å². The normalized spacial score (nSPS) is 20.9. The number of fused-ring (bicyclic) bond motifs is 3. The van der Waals surface area contributed by atoms with Crippen LogP contribution in [-0.2, 0) is 27.5 Å². The third-order valence-electron chi connectivity index (χ3n) is 15.3. The standard InChI is InChI=1S/C61H80N4O11/c1-4-7-8-9-10-11-12-13-14-21-38-72-60(69)64(42-47-26-22-25-45-23-15-16-27-50(45)47)56-41-54(63-74-43-44-29-31-48(32-30-44)65(70)71)52-39-46(24-17-19-35-66)51(28-18-20-36-67)57-53-40-49(75-59(68)62-6-3)33-34-55(53)76-61(56,58(52)57)73-37-5-2/h5,15-16,22-23,25-27,29-34,39-40,46,51,56-58,66-67H,2,4,6-14,17-21,24,28,35-38,41-43H2,1,3H3,(H,62,68)/t46-,51+,56-,57+,58+,61+/m0/s1. The zero-order valence-electron chi connectivity index (χ0n) is 44.7. The summed E-state index contributed by atoms with van der Waals surface area (Å²) in [6, 6.07) is 24.8. The quantitative estimate of drug-likeness (QED) is 0.0188. The monoisotopic (exact) mass is 1040 g/mol. The molecule has 1 aliphatic heterocycles. The first-order chi connectivity index (χ1) is 37.2. The fraction of sp³-hybridized carbons (Fsp3) is 0.525. The van der Waals surface area contributed by atoms with E-state index in [0.29, 0.717) is 55.0 Å². The Morgan fingerprint density at radius 1 is 0.882 bits per heavy atom. The SMILES string of the molecule is C=CCO[C@@]12Oc3ccc(OC(=O)NCC)cc3[C@H]3[C@H](CCCCO)[C@@H](CCCCO)C=C(C(=NOCc4ccc([N+](=O)[O-])cc4)C[C@@H]1N(Cc1cccc4ccccc14)C(=O)OCCCCCCCCCCCC)[C@H]32. The Labute approximate surface area is 448 Å². The maximum absolute atomic E-state index is 15.4. The van der Waals surface area contributed by atoms with Gasteiger partial charge >= 0.3 is 12.2 Å². The lowest BCUT2D eigenvalue weighted by molar-refractivity contribution is -0.384. The highest BCUT2D eigenvalue weighted by molar-refractivity contribution is 6.03. The number of oxime groups is 1. The first kappa shape index (κ1) is 57.4. The topological polar surface area (TPSA) is 192 Å². The molecule has 0 spiro atoms. The van der Waals surface area contributed by atoms with Gasteiger partial charge in [0.15, 0.2) is 0 Å². The second-order valence-electron chi connectivity index (χ2n) is 20.5. The van der Waals surface area contributed by atoms with Crippen molar-refractivity contribution in [3.05, 3.63) is 136 Å². The van der Waals surface area contributed by atoms with Gasteiger partial charge in [0.25, 0.3) is 5.69 Å². The number of nitro groups is 1. The van der Waals surface area contributed by atoms with Gasteiger partial charge in [-0.05, 0) is 109 Å². The van der Waals surface area contributed by atoms with E-state index in [-0.39, 0.29) is 69.4 Å². The summed E-state index contributed by atoms with van der Waals surface area (Å²) in [5.74, 6) is -1.89. The maximum atomic E-state index is 15.4. The molecule has 6 atom stereocenters. The summed E-state index contributed by atoms with van der Waals surface area (Å²) in [4.78, 5) is 47.5. The average molecular weight is 1050 g/mol.